The summed E-state index contributed by atoms with van der Waals surface area (Å²) in [7, 11) is 3.84. The van der Waals surface area contributed by atoms with E-state index in [-0.39, 0.29) is 6.10 Å². The van der Waals surface area contributed by atoms with Crippen LogP contribution in [0.15, 0.2) is 12.4 Å². The molecule has 2 rings (SSSR count). The SMILES string of the molecule is Cc1nn(C)c(C)c1CCC(O)Cc1cnn(C)c1. The van der Waals surface area contributed by atoms with Gasteiger partial charge in [0, 0.05) is 32.4 Å². The minimum absolute atomic E-state index is 0.330. The fourth-order valence-electron chi connectivity index (χ4n) is 2.44. The molecular formula is C14H22N4O. The van der Waals surface area contributed by atoms with E-state index in [0.717, 1.165) is 24.1 Å². The standard InChI is InChI=1S/C14H22N4O/c1-10-14(11(2)18(4)16-10)6-5-13(19)7-12-8-15-17(3)9-12/h8-9,13,19H,5-7H2,1-4H3. The summed E-state index contributed by atoms with van der Waals surface area (Å²) in [5, 5.41) is 18.6. The van der Waals surface area contributed by atoms with Gasteiger partial charge in [0.15, 0.2) is 0 Å². The number of aliphatic hydroxyl groups is 1. The van der Waals surface area contributed by atoms with Crippen LogP contribution in [0.3, 0.4) is 0 Å². The molecule has 0 radical (unpaired) electrons. The van der Waals surface area contributed by atoms with Gasteiger partial charge >= 0.3 is 0 Å². The van der Waals surface area contributed by atoms with Gasteiger partial charge in [0.25, 0.3) is 0 Å². The highest BCUT2D eigenvalue weighted by Crippen LogP contribution is 2.16. The maximum Gasteiger partial charge on any atom is 0.0628 e. The van der Waals surface area contributed by atoms with E-state index in [4.69, 9.17) is 0 Å². The molecule has 0 fully saturated rings. The summed E-state index contributed by atoms with van der Waals surface area (Å²) in [4.78, 5) is 0. The Kier molecular flexibility index (Phi) is 4.04. The number of aliphatic hydroxyl groups excluding tert-OH is 1. The molecule has 0 aromatic carbocycles. The second kappa shape index (κ2) is 5.57. The second-order valence-electron chi connectivity index (χ2n) is 5.19. The van der Waals surface area contributed by atoms with Crippen LogP contribution in [0.2, 0.25) is 0 Å². The second-order valence-corrected chi connectivity index (χ2v) is 5.19. The third kappa shape index (κ3) is 3.23. The normalized spacial score (nSPS) is 12.9. The lowest BCUT2D eigenvalue weighted by atomic mass is 10.0. The van der Waals surface area contributed by atoms with E-state index in [9.17, 15) is 5.11 Å². The van der Waals surface area contributed by atoms with E-state index in [2.05, 4.69) is 17.1 Å². The topological polar surface area (TPSA) is 55.9 Å². The number of hydrogen-bond acceptors (Lipinski definition) is 3. The molecule has 0 saturated heterocycles. The van der Waals surface area contributed by atoms with Gasteiger partial charge in [-0.05, 0) is 37.8 Å². The monoisotopic (exact) mass is 262 g/mol. The molecule has 1 unspecified atom stereocenters. The smallest absolute Gasteiger partial charge is 0.0628 e. The van der Waals surface area contributed by atoms with Gasteiger partial charge in [-0.2, -0.15) is 10.2 Å². The Balaban J connectivity index is 1.91. The number of nitrogens with zero attached hydrogens (tertiary/aromatic N) is 4. The summed E-state index contributed by atoms with van der Waals surface area (Å²) in [6.45, 7) is 4.10. The van der Waals surface area contributed by atoms with Gasteiger partial charge in [-0.3, -0.25) is 9.36 Å². The molecule has 2 aromatic heterocycles. The summed E-state index contributed by atoms with van der Waals surface area (Å²) >= 11 is 0. The van der Waals surface area contributed by atoms with Crippen molar-refractivity contribution in [2.24, 2.45) is 14.1 Å². The predicted octanol–water partition coefficient (Wildman–Crippen LogP) is 1.31. The average molecular weight is 262 g/mol. The summed E-state index contributed by atoms with van der Waals surface area (Å²) in [6.07, 6.45) is 5.71. The van der Waals surface area contributed by atoms with Crippen LogP contribution in [0.25, 0.3) is 0 Å². The Morgan fingerprint density at radius 1 is 1.32 bits per heavy atom. The zero-order chi connectivity index (χ0) is 14.0. The van der Waals surface area contributed by atoms with Crippen molar-refractivity contribution >= 4 is 0 Å². The minimum atomic E-state index is -0.330. The minimum Gasteiger partial charge on any atom is -0.393 e. The van der Waals surface area contributed by atoms with Crippen molar-refractivity contribution in [3.8, 4) is 0 Å². The highest BCUT2D eigenvalue weighted by atomic mass is 16.3. The molecule has 5 nitrogen and oxygen atoms in total. The highest BCUT2D eigenvalue weighted by molar-refractivity contribution is 5.24. The van der Waals surface area contributed by atoms with Crippen molar-refractivity contribution in [2.45, 2.75) is 39.2 Å². The third-order valence-corrected chi connectivity index (χ3v) is 3.62. The first-order valence-electron chi connectivity index (χ1n) is 6.62. The van der Waals surface area contributed by atoms with Gasteiger partial charge < -0.3 is 5.11 Å². The quantitative estimate of drug-likeness (QED) is 0.884. The van der Waals surface area contributed by atoms with E-state index in [1.165, 1.54) is 11.3 Å². The number of aromatic nitrogens is 4. The maximum absolute atomic E-state index is 10.1. The predicted molar refractivity (Wildman–Crippen MR) is 73.9 cm³/mol. The van der Waals surface area contributed by atoms with Crippen LogP contribution in [0.1, 0.15) is 28.9 Å². The molecule has 0 aliphatic heterocycles. The fourth-order valence-corrected chi connectivity index (χ4v) is 2.44. The van der Waals surface area contributed by atoms with Crippen molar-refractivity contribution in [1.29, 1.82) is 0 Å². The van der Waals surface area contributed by atoms with Gasteiger partial charge in [0.2, 0.25) is 0 Å². The largest absolute Gasteiger partial charge is 0.393 e. The fraction of sp³-hybridized carbons (Fsp3) is 0.571. The number of hydrogen-bond donors (Lipinski definition) is 1. The summed E-state index contributed by atoms with van der Waals surface area (Å²) in [5.74, 6) is 0. The lowest BCUT2D eigenvalue weighted by Gasteiger charge is -2.09. The van der Waals surface area contributed by atoms with Gasteiger partial charge in [-0.1, -0.05) is 0 Å². The van der Waals surface area contributed by atoms with Crippen LogP contribution in [-0.2, 0) is 26.9 Å². The molecule has 0 amide bonds. The first kappa shape index (κ1) is 13.8. The maximum atomic E-state index is 10.1. The summed E-state index contributed by atoms with van der Waals surface area (Å²) < 4.78 is 3.66. The van der Waals surface area contributed by atoms with Crippen molar-refractivity contribution < 1.29 is 5.11 Å². The van der Waals surface area contributed by atoms with Gasteiger partial charge in [-0.25, -0.2) is 0 Å². The lowest BCUT2D eigenvalue weighted by molar-refractivity contribution is 0.165. The van der Waals surface area contributed by atoms with Crippen LogP contribution in [0.5, 0.6) is 0 Å². The van der Waals surface area contributed by atoms with Crippen molar-refractivity contribution in [2.75, 3.05) is 0 Å². The molecule has 1 atom stereocenters. The first-order valence-corrected chi connectivity index (χ1v) is 6.62. The Labute approximate surface area is 113 Å². The van der Waals surface area contributed by atoms with E-state index in [1.807, 2.05) is 38.1 Å². The summed E-state index contributed by atoms with van der Waals surface area (Å²) in [5.41, 5.74) is 4.59. The van der Waals surface area contributed by atoms with Crippen molar-refractivity contribution in [1.82, 2.24) is 19.6 Å². The van der Waals surface area contributed by atoms with Gasteiger partial charge in [0.1, 0.15) is 0 Å². The van der Waals surface area contributed by atoms with E-state index in [0.29, 0.717) is 6.42 Å². The molecule has 1 N–H and O–H groups in total. The van der Waals surface area contributed by atoms with Crippen LogP contribution in [-0.4, -0.2) is 30.8 Å². The van der Waals surface area contributed by atoms with Crippen LogP contribution >= 0.6 is 0 Å². The molecule has 104 valence electrons. The first-order chi connectivity index (χ1) is 8.97. The van der Waals surface area contributed by atoms with E-state index < -0.39 is 0 Å². The zero-order valence-corrected chi connectivity index (χ0v) is 12.1. The van der Waals surface area contributed by atoms with Crippen LogP contribution in [0.4, 0.5) is 0 Å². The Morgan fingerprint density at radius 3 is 2.58 bits per heavy atom. The zero-order valence-electron chi connectivity index (χ0n) is 12.1. The number of rotatable bonds is 5. The van der Waals surface area contributed by atoms with Gasteiger partial charge in [-0.15, -0.1) is 0 Å². The Bertz CT molecular complexity index is 556. The van der Waals surface area contributed by atoms with Crippen LogP contribution in [0, 0.1) is 13.8 Å². The molecule has 2 aromatic rings. The molecular weight excluding hydrogens is 240 g/mol. The van der Waals surface area contributed by atoms with Crippen LogP contribution < -0.4 is 0 Å². The molecule has 0 aliphatic carbocycles. The molecule has 2 heterocycles. The highest BCUT2D eigenvalue weighted by Gasteiger charge is 2.12. The van der Waals surface area contributed by atoms with Crippen molar-refractivity contribution in [3.05, 3.63) is 34.9 Å². The molecule has 0 bridgehead atoms. The molecule has 19 heavy (non-hydrogen) atoms. The van der Waals surface area contributed by atoms with E-state index >= 15 is 0 Å². The van der Waals surface area contributed by atoms with Gasteiger partial charge in [0.05, 0.1) is 18.0 Å². The van der Waals surface area contributed by atoms with Crippen molar-refractivity contribution in [3.63, 3.8) is 0 Å². The molecule has 0 saturated carbocycles. The lowest BCUT2D eigenvalue weighted by Crippen LogP contribution is -2.11. The third-order valence-electron chi connectivity index (χ3n) is 3.62. The molecule has 0 spiro atoms. The Morgan fingerprint density at radius 2 is 2.05 bits per heavy atom. The number of aryl methyl sites for hydroxylation is 3. The average Bonchev–Trinajstić information content (AvgIpc) is 2.83. The summed E-state index contributed by atoms with van der Waals surface area (Å²) in [6, 6.07) is 0. The molecule has 0 aliphatic rings. The Hall–Kier alpha value is -1.62. The molecule has 5 heteroatoms. The van der Waals surface area contributed by atoms with E-state index in [1.54, 1.807) is 4.68 Å².